The SMILES string of the molecule is OC1CCC2N=C(C3CC3)OC2C1. The minimum Gasteiger partial charge on any atom is -0.475 e. The molecule has 72 valence electrons. The molecule has 0 aromatic rings. The standard InChI is InChI=1S/C10H15NO2/c12-7-3-4-8-9(5-7)13-10(11-8)6-1-2-6/h6-9,12H,1-5H2. The van der Waals surface area contributed by atoms with Crippen LogP contribution >= 0.6 is 0 Å². The van der Waals surface area contributed by atoms with Gasteiger partial charge in [0.05, 0.1) is 12.1 Å². The molecule has 3 nitrogen and oxygen atoms in total. The van der Waals surface area contributed by atoms with Gasteiger partial charge in [0.15, 0.2) is 5.90 Å². The lowest BCUT2D eigenvalue weighted by molar-refractivity contribution is 0.0491. The van der Waals surface area contributed by atoms with Gasteiger partial charge in [-0.1, -0.05) is 0 Å². The fraction of sp³-hybridized carbons (Fsp3) is 0.900. The monoisotopic (exact) mass is 181 g/mol. The molecular formula is C10H15NO2. The third kappa shape index (κ3) is 1.35. The Kier molecular flexibility index (Phi) is 1.62. The van der Waals surface area contributed by atoms with E-state index < -0.39 is 0 Å². The van der Waals surface area contributed by atoms with Crippen LogP contribution in [0.3, 0.4) is 0 Å². The maximum Gasteiger partial charge on any atom is 0.187 e. The summed E-state index contributed by atoms with van der Waals surface area (Å²) in [6, 6.07) is 0.360. The maximum absolute atomic E-state index is 9.47. The first-order valence-electron chi connectivity index (χ1n) is 5.25. The van der Waals surface area contributed by atoms with Gasteiger partial charge in [0.2, 0.25) is 0 Å². The molecule has 3 aliphatic rings. The van der Waals surface area contributed by atoms with Crippen LogP contribution in [0.4, 0.5) is 0 Å². The van der Waals surface area contributed by atoms with E-state index in [1.165, 1.54) is 12.8 Å². The lowest BCUT2D eigenvalue weighted by Gasteiger charge is -2.26. The number of rotatable bonds is 1. The summed E-state index contributed by atoms with van der Waals surface area (Å²) in [6.45, 7) is 0. The second-order valence-electron chi connectivity index (χ2n) is 4.43. The minimum absolute atomic E-state index is 0.157. The Balaban J connectivity index is 1.71. The van der Waals surface area contributed by atoms with Gasteiger partial charge in [-0.3, -0.25) is 0 Å². The molecule has 0 bridgehead atoms. The van der Waals surface area contributed by atoms with Crippen LogP contribution in [0, 0.1) is 5.92 Å². The quantitative estimate of drug-likeness (QED) is 0.658. The molecule has 1 aliphatic heterocycles. The van der Waals surface area contributed by atoms with E-state index in [0.717, 1.165) is 25.2 Å². The molecule has 1 N–H and O–H groups in total. The molecule has 0 saturated heterocycles. The van der Waals surface area contributed by atoms with Crippen molar-refractivity contribution in [2.45, 2.75) is 50.4 Å². The molecule has 0 aromatic carbocycles. The second-order valence-corrected chi connectivity index (χ2v) is 4.43. The molecule has 2 saturated carbocycles. The Morgan fingerprint density at radius 2 is 2.08 bits per heavy atom. The molecule has 0 spiro atoms. The van der Waals surface area contributed by atoms with E-state index in [9.17, 15) is 5.11 Å². The molecule has 13 heavy (non-hydrogen) atoms. The van der Waals surface area contributed by atoms with E-state index in [1.807, 2.05) is 0 Å². The summed E-state index contributed by atoms with van der Waals surface area (Å²) in [6.07, 6.45) is 5.22. The highest BCUT2D eigenvalue weighted by molar-refractivity contribution is 5.82. The average molecular weight is 181 g/mol. The van der Waals surface area contributed by atoms with Gasteiger partial charge < -0.3 is 9.84 Å². The zero-order chi connectivity index (χ0) is 8.84. The number of aliphatic hydroxyl groups excluding tert-OH is 1. The normalized spacial score (nSPS) is 43.8. The molecule has 2 fully saturated rings. The smallest absolute Gasteiger partial charge is 0.187 e. The van der Waals surface area contributed by atoms with Crippen molar-refractivity contribution in [3.05, 3.63) is 0 Å². The van der Waals surface area contributed by atoms with Crippen LogP contribution in [-0.4, -0.2) is 29.3 Å². The molecule has 3 rings (SSSR count). The first kappa shape index (κ1) is 7.80. The van der Waals surface area contributed by atoms with E-state index in [-0.39, 0.29) is 12.2 Å². The summed E-state index contributed by atoms with van der Waals surface area (Å²) in [5.41, 5.74) is 0. The van der Waals surface area contributed by atoms with E-state index in [2.05, 4.69) is 4.99 Å². The Labute approximate surface area is 77.8 Å². The van der Waals surface area contributed by atoms with Crippen molar-refractivity contribution in [3.63, 3.8) is 0 Å². The predicted molar refractivity (Wildman–Crippen MR) is 48.7 cm³/mol. The lowest BCUT2D eigenvalue weighted by atomic mass is 9.91. The Bertz CT molecular complexity index is 247. The summed E-state index contributed by atoms with van der Waals surface area (Å²) in [5.74, 6) is 1.62. The van der Waals surface area contributed by atoms with Gasteiger partial charge in [0.25, 0.3) is 0 Å². The molecule has 1 heterocycles. The van der Waals surface area contributed by atoms with Gasteiger partial charge in [0, 0.05) is 12.3 Å². The maximum atomic E-state index is 9.47. The Morgan fingerprint density at radius 1 is 1.23 bits per heavy atom. The van der Waals surface area contributed by atoms with Crippen LogP contribution in [0.1, 0.15) is 32.1 Å². The third-order valence-corrected chi connectivity index (χ3v) is 3.22. The van der Waals surface area contributed by atoms with Gasteiger partial charge >= 0.3 is 0 Å². The Morgan fingerprint density at radius 3 is 2.85 bits per heavy atom. The lowest BCUT2D eigenvalue weighted by Crippen LogP contribution is -2.33. The molecule has 3 heteroatoms. The van der Waals surface area contributed by atoms with Crippen LogP contribution < -0.4 is 0 Å². The van der Waals surface area contributed by atoms with Crippen molar-refractivity contribution in [1.82, 2.24) is 0 Å². The summed E-state index contributed by atoms with van der Waals surface area (Å²) in [4.78, 5) is 4.59. The predicted octanol–water partition coefficient (Wildman–Crippen LogP) is 1.11. The molecule has 2 aliphatic carbocycles. The van der Waals surface area contributed by atoms with Crippen molar-refractivity contribution < 1.29 is 9.84 Å². The van der Waals surface area contributed by atoms with E-state index in [4.69, 9.17) is 4.74 Å². The van der Waals surface area contributed by atoms with Gasteiger partial charge in [-0.2, -0.15) is 0 Å². The van der Waals surface area contributed by atoms with E-state index in [0.29, 0.717) is 12.0 Å². The molecule has 0 radical (unpaired) electrons. The summed E-state index contributed by atoms with van der Waals surface area (Å²) >= 11 is 0. The summed E-state index contributed by atoms with van der Waals surface area (Å²) < 4.78 is 5.75. The highest BCUT2D eigenvalue weighted by Crippen LogP contribution is 2.38. The topological polar surface area (TPSA) is 41.8 Å². The van der Waals surface area contributed by atoms with Crippen molar-refractivity contribution in [2.75, 3.05) is 0 Å². The fourth-order valence-corrected chi connectivity index (χ4v) is 2.25. The minimum atomic E-state index is -0.157. The van der Waals surface area contributed by atoms with Crippen molar-refractivity contribution in [3.8, 4) is 0 Å². The third-order valence-electron chi connectivity index (χ3n) is 3.22. The largest absolute Gasteiger partial charge is 0.475 e. The first-order valence-corrected chi connectivity index (χ1v) is 5.25. The van der Waals surface area contributed by atoms with Crippen LogP contribution in [0.15, 0.2) is 4.99 Å². The number of ether oxygens (including phenoxy) is 1. The number of hydrogen-bond acceptors (Lipinski definition) is 3. The number of aliphatic hydroxyl groups is 1. The molecule has 3 unspecified atom stereocenters. The van der Waals surface area contributed by atoms with Crippen molar-refractivity contribution in [1.29, 1.82) is 0 Å². The zero-order valence-corrected chi connectivity index (χ0v) is 7.65. The number of hydrogen-bond donors (Lipinski definition) is 1. The van der Waals surface area contributed by atoms with Crippen molar-refractivity contribution >= 4 is 5.90 Å². The highest BCUT2D eigenvalue weighted by atomic mass is 16.5. The van der Waals surface area contributed by atoms with Crippen LogP contribution in [0.2, 0.25) is 0 Å². The molecular weight excluding hydrogens is 166 g/mol. The second kappa shape index (κ2) is 2.71. The van der Waals surface area contributed by atoms with E-state index >= 15 is 0 Å². The van der Waals surface area contributed by atoms with Crippen LogP contribution in [0.25, 0.3) is 0 Å². The molecule has 0 amide bonds. The zero-order valence-electron chi connectivity index (χ0n) is 7.65. The summed E-state index contributed by atoms with van der Waals surface area (Å²) in [5, 5.41) is 9.47. The number of aliphatic imine (C=N–C) groups is 1. The van der Waals surface area contributed by atoms with Gasteiger partial charge in [-0.05, 0) is 25.7 Å². The number of fused-ring (bicyclic) bond motifs is 1. The highest BCUT2D eigenvalue weighted by Gasteiger charge is 2.41. The van der Waals surface area contributed by atoms with Crippen LogP contribution in [-0.2, 0) is 4.74 Å². The number of nitrogens with zero attached hydrogens (tertiary/aromatic N) is 1. The van der Waals surface area contributed by atoms with Crippen LogP contribution in [0.5, 0.6) is 0 Å². The van der Waals surface area contributed by atoms with Crippen molar-refractivity contribution in [2.24, 2.45) is 10.9 Å². The Hall–Kier alpha value is -0.570. The fourth-order valence-electron chi connectivity index (χ4n) is 2.25. The van der Waals surface area contributed by atoms with E-state index in [1.54, 1.807) is 0 Å². The average Bonchev–Trinajstić information content (AvgIpc) is 2.87. The van der Waals surface area contributed by atoms with Gasteiger partial charge in [-0.15, -0.1) is 0 Å². The summed E-state index contributed by atoms with van der Waals surface area (Å²) in [7, 11) is 0. The van der Waals surface area contributed by atoms with Gasteiger partial charge in [-0.25, -0.2) is 4.99 Å². The molecule has 0 aromatic heterocycles. The van der Waals surface area contributed by atoms with Gasteiger partial charge in [0.1, 0.15) is 6.10 Å². The first-order chi connectivity index (χ1) is 6.33. The molecule has 3 atom stereocenters.